The van der Waals surface area contributed by atoms with Crippen molar-refractivity contribution in [1.29, 1.82) is 0 Å². The molecule has 0 unspecified atom stereocenters. The SMILES string of the molecule is CCNC(=O)c1cc2c(-c3sc(C(C)(C)O)cc3-n3ccc4ccccc43)cn(C)c(=O)c2[nH]1. The Kier molecular flexibility index (Phi) is 5.22. The van der Waals surface area contributed by atoms with Crippen LogP contribution in [0.2, 0.25) is 0 Å². The quantitative estimate of drug-likeness (QED) is 0.350. The molecule has 4 heterocycles. The molecule has 1 aromatic carbocycles. The fourth-order valence-corrected chi connectivity index (χ4v) is 5.42. The Morgan fingerprint density at radius 2 is 1.97 bits per heavy atom. The van der Waals surface area contributed by atoms with Gasteiger partial charge in [-0.05, 0) is 50.4 Å². The number of hydrogen-bond donors (Lipinski definition) is 3. The molecular weight excluding hydrogens is 448 g/mol. The number of nitrogens with zero attached hydrogens (tertiary/aromatic N) is 2. The lowest BCUT2D eigenvalue weighted by Gasteiger charge is -2.14. The molecule has 3 N–H and O–H groups in total. The van der Waals surface area contributed by atoms with Gasteiger partial charge in [0.1, 0.15) is 11.2 Å². The van der Waals surface area contributed by atoms with Crippen molar-refractivity contribution in [3.63, 3.8) is 0 Å². The Balaban J connectivity index is 1.83. The minimum Gasteiger partial charge on any atom is -0.385 e. The number of thiophene rings is 1. The molecular formula is C26H26N4O3S. The van der Waals surface area contributed by atoms with Crippen molar-refractivity contribution in [2.45, 2.75) is 26.4 Å². The van der Waals surface area contributed by atoms with E-state index in [2.05, 4.69) is 33.1 Å². The molecule has 1 amide bonds. The number of aromatic amines is 1. The monoisotopic (exact) mass is 474 g/mol. The Morgan fingerprint density at radius 3 is 2.71 bits per heavy atom. The molecule has 0 bridgehead atoms. The van der Waals surface area contributed by atoms with E-state index in [1.54, 1.807) is 33.2 Å². The van der Waals surface area contributed by atoms with Crippen LogP contribution in [-0.2, 0) is 12.6 Å². The number of pyridine rings is 1. The second-order valence-corrected chi connectivity index (χ2v) is 9.97. The van der Waals surface area contributed by atoms with E-state index < -0.39 is 5.60 Å². The van der Waals surface area contributed by atoms with Gasteiger partial charge in [0.2, 0.25) is 0 Å². The van der Waals surface area contributed by atoms with Gasteiger partial charge >= 0.3 is 0 Å². The number of carbonyl (C=O) groups excluding carboxylic acids is 1. The molecule has 7 nitrogen and oxygen atoms in total. The van der Waals surface area contributed by atoms with Crippen molar-refractivity contribution in [3.05, 3.63) is 75.8 Å². The molecule has 174 valence electrons. The van der Waals surface area contributed by atoms with Crippen LogP contribution in [0.3, 0.4) is 0 Å². The van der Waals surface area contributed by atoms with Crippen molar-refractivity contribution in [2.24, 2.45) is 7.05 Å². The van der Waals surface area contributed by atoms with Gasteiger partial charge < -0.3 is 24.5 Å². The Morgan fingerprint density at radius 1 is 1.21 bits per heavy atom. The molecule has 0 saturated heterocycles. The van der Waals surface area contributed by atoms with E-state index in [4.69, 9.17) is 0 Å². The average Bonchev–Trinajstić information content (AvgIpc) is 3.52. The predicted molar refractivity (Wildman–Crippen MR) is 137 cm³/mol. The van der Waals surface area contributed by atoms with Crippen LogP contribution in [0.5, 0.6) is 0 Å². The van der Waals surface area contributed by atoms with Crippen LogP contribution in [0.15, 0.2) is 59.7 Å². The summed E-state index contributed by atoms with van der Waals surface area (Å²) in [7, 11) is 1.70. The summed E-state index contributed by atoms with van der Waals surface area (Å²) in [6.45, 7) is 5.87. The molecule has 0 radical (unpaired) electrons. The fourth-order valence-electron chi connectivity index (χ4n) is 4.24. The predicted octanol–water partition coefficient (Wildman–Crippen LogP) is 4.52. The molecule has 34 heavy (non-hydrogen) atoms. The van der Waals surface area contributed by atoms with Crippen LogP contribution < -0.4 is 10.9 Å². The Bertz CT molecular complexity index is 1610. The maximum Gasteiger partial charge on any atom is 0.274 e. The van der Waals surface area contributed by atoms with Gasteiger partial charge in [-0.15, -0.1) is 11.3 Å². The zero-order valence-electron chi connectivity index (χ0n) is 19.5. The average molecular weight is 475 g/mol. The highest BCUT2D eigenvalue weighted by Crippen LogP contribution is 2.42. The second kappa shape index (κ2) is 8.00. The van der Waals surface area contributed by atoms with E-state index in [0.717, 1.165) is 31.9 Å². The van der Waals surface area contributed by atoms with E-state index in [9.17, 15) is 14.7 Å². The highest BCUT2D eigenvalue weighted by molar-refractivity contribution is 7.16. The topological polar surface area (TPSA) is 92.0 Å². The number of amides is 1. The van der Waals surface area contributed by atoms with Gasteiger partial charge in [-0.3, -0.25) is 9.59 Å². The van der Waals surface area contributed by atoms with Crippen molar-refractivity contribution in [1.82, 2.24) is 19.4 Å². The van der Waals surface area contributed by atoms with E-state index >= 15 is 0 Å². The molecule has 0 atom stereocenters. The molecule has 0 aliphatic rings. The Hall–Kier alpha value is -3.62. The molecule has 0 spiro atoms. The lowest BCUT2D eigenvalue weighted by molar-refractivity contribution is 0.0825. The van der Waals surface area contributed by atoms with Gasteiger partial charge in [0.05, 0.1) is 21.7 Å². The fraction of sp³-hybridized carbons (Fsp3) is 0.231. The first-order valence-electron chi connectivity index (χ1n) is 11.1. The number of hydrogen-bond acceptors (Lipinski definition) is 4. The van der Waals surface area contributed by atoms with Crippen LogP contribution in [0, 0.1) is 0 Å². The van der Waals surface area contributed by atoms with Crippen molar-refractivity contribution in [3.8, 4) is 16.1 Å². The van der Waals surface area contributed by atoms with Gasteiger partial charge in [-0.2, -0.15) is 0 Å². The van der Waals surface area contributed by atoms with Crippen LogP contribution in [0.25, 0.3) is 37.9 Å². The molecule has 5 aromatic rings. The summed E-state index contributed by atoms with van der Waals surface area (Å²) in [5, 5.41) is 15.4. The smallest absolute Gasteiger partial charge is 0.274 e. The zero-order chi connectivity index (χ0) is 24.2. The number of aryl methyl sites for hydroxylation is 1. The first kappa shape index (κ1) is 22.2. The lowest BCUT2D eigenvalue weighted by atomic mass is 10.1. The minimum absolute atomic E-state index is 0.207. The number of para-hydroxylation sites is 1. The summed E-state index contributed by atoms with van der Waals surface area (Å²) in [5.74, 6) is -0.258. The van der Waals surface area contributed by atoms with Gasteiger partial charge in [0, 0.05) is 41.8 Å². The highest BCUT2D eigenvalue weighted by atomic mass is 32.1. The van der Waals surface area contributed by atoms with Crippen molar-refractivity contribution < 1.29 is 9.90 Å². The maximum atomic E-state index is 12.9. The van der Waals surface area contributed by atoms with Crippen LogP contribution >= 0.6 is 11.3 Å². The molecule has 0 aliphatic carbocycles. The third-order valence-corrected chi connectivity index (χ3v) is 7.44. The number of aliphatic hydroxyl groups is 1. The van der Waals surface area contributed by atoms with Gasteiger partial charge in [0.25, 0.3) is 11.5 Å². The normalized spacial score (nSPS) is 12.0. The number of benzene rings is 1. The van der Waals surface area contributed by atoms with Crippen LogP contribution in [0.1, 0.15) is 36.1 Å². The van der Waals surface area contributed by atoms with Gasteiger partial charge in [-0.1, -0.05) is 18.2 Å². The minimum atomic E-state index is -1.04. The first-order valence-corrected chi connectivity index (χ1v) is 11.9. The lowest BCUT2D eigenvalue weighted by Crippen LogP contribution is -2.23. The number of fused-ring (bicyclic) bond motifs is 2. The van der Waals surface area contributed by atoms with E-state index in [0.29, 0.717) is 23.1 Å². The number of aromatic nitrogens is 3. The molecule has 0 fully saturated rings. The molecule has 4 aromatic heterocycles. The second-order valence-electron chi connectivity index (χ2n) is 8.92. The van der Waals surface area contributed by atoms with Crippen molar-refractivity contribution in [2.75, 3.05) is 6.54 Å². The molecule has 0 aliphatic heterocycles. The third kappa shape index (κ3) is 3.55. The number of rotatable bonds is 5. The van der Waals surface area contributed by atoms with Gasteiger partial charge in [0.15, 0.2) is 0 Å². The van der Waals surface area contributed by atoms with E-state index in [1.165, 1.54) is 15.9 Å². The third-order valence-electron chi connectivity index (χ3n) is 5.97. The van der Waals surface area contributed by atoms with Crippen molar-refractivity contribution >= 4 is 39.0 Å². The first-order chi connectivity index (χ1) is 16.2. The maximum absolute atomic E-state index is 12.9. The number of carbonyl (C=O) groups is 1. The summed E-state index contributed by atoms with van der Waals surface area (Å²) in [6.07, 6.45) is 3.82. The Labute approximate surface area is 200 Å². The zero-order valence-corrected chi connectivity index (χ0v) is 20.3. The summed E-state index contributed by atoms with van der Waals surface area (Å²) in [6, 6.07) is 13.9. The highest BCUT2D eigenvalue weighted by Gasteiger charge is 2.26. The van der Waals surface area contributed by atoms with Crippen LogP contribution in [0.4, 0.5) is 0 Å². The summed E-state index contributed by atoms with van der Waals surface area (Å²) in [5.41, 5.74) is 2.24. The molecule has 5 rings (SSSR count). The molecule has 0 saturated carbocycles. The van der Waals surface area contributed by atoms with Crippen LogP contribution in [-0.4, -0.2) is 31.7 Å². The van der Waals surface area contributed by atoms with E-state index in [1.807, 2.05) is 31.3 Å². The largest absolute Gasteiger partial charge is 0.385 e. The summed E-state index contributed by atoms with van der Waals surface area (Å²) < 4.78 is 3.63. The van der Waals surface area contributed by atoms with Gasteiger partial charge in [-0.25, -0.2) is 0 Å². The number of nitrogens with one attached hydrogen (secondary N) is 2. The number of H-pyrrole nitrogens is 1. The standard InChI is InChI=1S/C26H26N4O3S/c1-5-27-24(31)18-12-16-17(14-29(4)25(32)22(16)28-18)23-20(13-21(34-23)26(2,3)33)30-11-10-15-8-6-7-9-19(15)30/h6-14,28,33H,5H2,1-4H3,(H,27,31). The molecule has 8 heteroatoms. The summed E-state index contributed by atoms with van der Waals surface area (Å²) >= 11 is 1.48. The summed E-state index contributed by atoms with van der Waals surface area (Å²) in [4.78, 5) is 30.2. The van der Waals surface area contributed by atoms with E-state index in [-0.39, 0.29) is 11.5 Å².